The smallest absolute Gasteiger partial charge is 0.271 e. The lowest BCUT2D eigenvalue weighted by Gasteiger charge is -2.23. The maximum Gasteiger partial charge on any atom is 0.271 e. The van der Waals surface area contributed by atoms with Gasteiger partial charge in [-0.15, -0.1) is 68.0 Å². The summed E-state index contributed by atoms with van der Waals surface area (Å²) in [6.07, 6.45) is 2.51. The zero-order chi connectivity index (χ0) is 64.3. The van der Waals surface area contributed by atoms with Crippen molar-refractivity contribution in [1.29, 1.82) is 0 Å². The molecule has 7 aromatic heterocycles. The number of pyridine rings is 1. The number of thiazole rings is 6. The van der Waals surface area contributed by atoms with E-state index in [4.69, 9.17) is 45.4 Å². The van der Waals surface area contributed by atoms with Crippen LogP contribution >= 0.6 is 68.0 Å². The van der Waals surface area contributed by atoms with E-state index in [1.165, 1.54) is 75.1 Å². The van der Waals surface area contributed by atoms with Crippen LogP contribution < -0.4 is 32.3 Å². The molecule has 90 heavy (non-hydrogen) atoms. The quantitative estimate of drug-likeness (QED) is 0.0602. The SMILES string of the molecule is CC.CCCc1sc2nc1C(=O)NCC(=O)NC(C(O)c1ccccc1)c1nc(cs1)-c1nc(cs1)-c1nc(-c3nc(C4=NC(C=O)CO4)cs3)ccc1-c1nc(cs1)C(=O)NC(CC(=O)NC)c1nc(c(C)s1)C(=O)NC2C(C)C.CN1CCCC1C(N)=O. The van der Waals surface area contributed by atoms with Crippen LogP contribution in [0, 0.1) is 12.8 Å². The lowest BCUT2D eigenvalue weighted by Crippen LogP contribution is -2.40. The van der Waals surface area contributed by atoms with E-state index in [0.717, 1.165) is 25.7 Å². The Morgan fingerprint density at radius 2 is 1.46 bits per heavy atom. The largest absolute Gasteiger partial charge is 0.474 e. The minimum Gasteiger partial charge on any atom is -0.474 e. The molecule has 0 radical (unpaired) electrons. The van der Waals surface area contributed by atoms with Crippen LogP contribution in [0.4, 0.5) is 0 Å². The summed E-state index contributed by atoms with van der Waals surface area (Å²) in [5.74, 6) is -2.80. The van der Waals surface area contributed by atoms with E-state index in [9.17, 15) is 38.7 Å². The molecule has 6 atom stereocenters. The highest BCUT2D eigenvalue weighted by molar-refractivity contribution is 7.15. The number of ether oxygens (including phenoxy) is 1. The molecule has 8 N–H and O–H groups in total. The summed E-state index contributed by atoms with van der Waals surface area (Å²) in [4.78, 5) is 133. The number of primary amides is 1. The number of aldehydes is 1. The predicted octanol–water partition coefficient (Wildman–Crippen LogP) is 8.05. The number of benzene rings is 1. The molecule has 3 aliphatic heterocycles. The number of nitrogens with two attached hydrogens (primary N) is 1. The standard InChI is InChI=1S/C52H49N13O8S6.C6H12N2O.C2H6/c1-6-10-34-40-44(71)54-16-36(68)62-41(42(69)25-11-8-7-9-12-25)51-61-33(22-77-51)49-58-30(19-75-49)39-27(13-14-28(56-39)48-60-32(21-76-48)46-55-26(17-66)18-73-46)47-59-31(20-74-47)43(70)57-29(15-35(67)53-5)50-64-38(24(4)78-50)45(72)63-37(23(2)3)52(65-40)79-34;1-8-4-2-3-5(8)6(7)9;1-2/h7-9,11-14,17,19-23,26,29,37,41-42,69H,6,10,15-16,18H2,1-5H3,(H,53,67)(H,54,71)(H,57,70)(H,62,68)(H,63,72);5H,2-4H2,1H3,(H2,7,9);1-2H3. The van der Waals surface area contributed by atoms with E-state index in [1.54, 1.807) is 53.4 Å². The van der Waals surface area contributed by atoms with Gasteiger partial charge in [0.25, 0.3) is 17.7 Å². The number of carbonyl (C=O) groups is 7. The van der Waals surface area contributed by atoms with E-state index < -0.39 is 60.4 Å². The van der Waals surface area contributed by atoms with Gasteiger partial charge >= 0.3 is 0 Å². The third-order valence-corrected chi connectivity index (χ3v) is 20.2. The summed E-state index contributed by atoms with van der Waals surface area (Å²) >= 11 is 7.47. The number of nitrogens with zero attached hydrogens (tertiary/aromatic N) is 9. The summed E-state index contributed by atoms with van der Waals surface area (Å²) in [6, 6.07) is 9.16. The molecule has 1 aromatic carbocycles. The normalized spacial score (nSPS) is 19.1. The van der Waals surface area contributed by atoms with Crippen LogP contribution in [0.3, 0.4) is 0 Å². The number of amides is 6. The van der Waals surface area contributed by atoms with Crippen LogP contribution in [0.2, 0.25) is 0 Å². The lowest BCUT2D eigenvalue weighted by atomic mass is 10.0. The molecule has 24 nitrogen and oxygen atoms in total. The topological polar surface area (TPSA) is 341 Å². The number of aromatic nitrogens is 7. The molecule has 6 unspecified atom stereocenters. The monoisotopic (exact) mass is 1330 g/mol. The second-order valence-electron chi connectivity index (χ2n) is 21.0. The first-order chi connectivity index (χ1) is 43.4. The van der Waals surface area contributed by atoms with Gasteiger partial charge in [0, 0.05) is 43.9 Å². The second-order valence-corrected chi connectivity index (χ2v) is 26.8. The summed E-state index contributed by atoms with van der Waals surface area (Å²) in [7, 11) is 3.42. The average Bonchev–Trinajstić information content (AvgIpc) is 1.80. The number of likely N-dealkylation sites (tertiary alicyclic amines) is 1. The molecule has 11 rings (SSSR count). The van der Waals surface area contributed by atoms with Crippen molar-refractivity contribution in [2.24, 2.45) is 16.6 Å². The van der Waals surface area contributed by atoms with E-state index in [0.29, 0.717) is 92.2 Å². The third-order valence-electron chi connectivity index (χ3n) is 14.3. The molecular weight excluding hydrogens is 1270 g/mol. The van der Waals surface area contributed by atoms with Gasteiger partial charge in [-0.05, 0) is 63.4 Å². The molecular formula is C60H67N15O9S6. The molecule has 8 aromatic rings. The Kier molecular flexibility index (Phi) is 22.3. The first-order valence-electron chi connectivity index (χ1n) is 29.0. The van der Waals surface area contributed by atoms with Crippen LogP contribution in [-0.2, 0) is 30.3 Å². The van der Waals surface area contributed by atoms with Gasteiger partial charge in [0.05, 0.1) is 36.8 Å². The maximum absolute atomic E-state index is 14.3. The zero-order valence-corrected chi connectivity index (χ0v) is 55.3. The van der Waals surface area contributed by atoms with Gasteiger partial charge in [-0.1, -0.05) is 71.4 Å². The van der Waals surface area contributed by atoms with Crippen LogP contribution in [0.25, 0.3) is 43.4 Å². The first-order valence-corrected chi connectivity index (χ1v) is 34.1. The molecule has 6 amide bonds. The van der Waals surface area contributed by atoms with Crippen LogP contribution in [-0.4, -0.2) is 138 Å². The summed E-state index contributed by atoms with van der Waals surface area (Å²) in [6.45, 7) is 12.2. The second kappa shape index (κ2) is 30.2. The fourth-order valence-electron chi connectivity index (χ4n) is 9.72. The molecule has 3 aliphatic rings. The zero-order valence-electron chi connectivity index (χ0n) is 50.4. The van der Waals surface area contributed by atoms with Crippen molar-refractivity contribution in [2.45, 2.75) is 110 Å². The van der Waals surface area contributed by atoms with Crippen molar-refractivity contribution >= 4 is 116 Å². The van der Waals surface area contributed by atoms with Gasteiger partial charge in [-0.3, -0.25) is 33.7 Å². The van der Waals surface area contributed by atoms with Crippen molar-refractivity contribution in [3.8, 4) is 43.4 Å². The highest BCUT2D eigenvalue weighted by atomic mass is 32.1. The number of hydrogen-bond acceptors (Lipinski definition) is 24. The van der Waals surface area contributed by atoms with E-state index in [1.807, 2.05) is 64.1 Å². The number of aryl methyl sites for hydroxylation is 2. The van der Waals surface area contributed by atoms with E-state index >= 15 is 0 Å². The number of aliphatic hydroxyl groups is 1. The van der Waals surface area contributed by atoms with Gasteiger partial charge in [0.15, 0.2) is 0 Å². The van der Waals surface area contributed by atoms with Crippen LogP contribution in [0.5, 0.6) is 0 Å². The van der Waals surface area contributed by atoms with Gasteiger partial charge in [0.2, 0.25) is 23.6 Å². The summed E-state index contributed by atoms with van der Waals surface area (Å²) in [5.41, 5.74) is 8.66. The van der Waals surface area contributed by atoms with Crippen molar-refractivity contribution in [3.63, 3.8) is 0 Å². The Hall–Kier alpha value is -7.97. The number of hydrogen-bond donors (Lipinski definition) is 7. The third kappa shape index (κ3) is 15.4. The Balaban J connectivity index is 0.000000796. The van der Waals surface area contributed by atoms with E-state index in [2.05, 4.69) is 31.6 Å². The molecule has 1 saturated heterocycles. The molecule has 1 fully saturated rings. The lowest BCUT2D eigenvalue weighted by molar-refractivity contribution is -0.122. The minimum absolute atomic E-state index is 0.00463. The average molecular weight is 1330 g/mol. The van der Waals surface area contributed by atoms with E-state index in [-0.39, 0.29) is 59.8 Å². The van der Waals surface area contributed by atoms with Gasteiger partial charge in [-0.2, -0.15) is 0 Å². The Morgan fingerprint density at radius 3 is 2.13 bits per heavy atom. The number of rotatable bonds is 11. The molecule has 10 bridgehead atoms. The number of aliphatic hydroxyl groups excluding tert-OH is 1. The summed E-state index contributed by atoms with van der Waals surface area (Å²) in [5, 5.41) is 35.7. The van der Waals surface area contributed by atoms with Gasteiger partial charge in [-0.25, -0.2) is 39.9 Å². The highest BCUT2D eigenvalue weighted by Gasteiger charge is 2.33. The van der Waals surface area contributed by atoms with Crippen LogP contribution in [0.15, 0.2) is 69.0 Å². The maximum atomic E-state index is 14.3. The Bertz CT molecular complexity index is 3930. The first kappa shape index (κ1) is 66.4. The number of aliphatic imine (C=N–C) groups is 1. The molecule has 0 spiro atoms. The minimum atomic E-state index is -1.25. The summed E-state index contributed by atoms with van der Waals surface area (Å²) < 4.78 is 5.65. The number of likely N-dealkylation sites (N-methyl/N-ethyl adjacent to an activating group) is 1. The molecule has 30 heteroatoms. The van der Waals surface area contributed by atoms with Crippen molar-refractivity contribution in [1.82, 2.24) is 66.4 Å². The highest BCUT2D eigenvalue weighted by Crippen LogP contribution is 2.40. The fraction of sp³-hybridized carbons (Fsp3) is 0.383. The molecule has 0 saturated carbocycles. The Labute approximate surface area is 542 Å². The van der Waals surface area contributed by atoms with Gasteiger partial charge in [0.1, 0.15) is 101 Å². The number of carbonyl (C=O) groups excluding carboxylic acids is 7. The molecule has 472 valence electrons. The fourth-order valence-corrected chi connectivity index (χ4v) is 15.4. The number of nitrogens with one attached hydrogen (secondary N) is 5. The van der Waals surface area contributed by atoms with Crippen LogP contribution in [0.1, 0.15) is 152 Å². The van der Waals surface area contributed by atoms with Crippen molar-refractivity contribution in [3.05, 3.63) is 117 Å². The predicted molar refractivity (Wildman–Crippen MR) is 349 cm³/mol. The van der Waals surface area contributed by atoms with Crippen molar-refractivity contribution < 1.29 is 43.4 Å². The molecule has 0 aliphatic carbocycles. The number of fused-ring (bicyclic) bond motifs is 14. The van der Waals surface area contributed by atoms with Crippen molar-refractivity contribution in [2.75, 3.05) is 33.8 Å². The molecule has 10 heterocycles. The van der Waals surface area contributed by atoms with Gasteiger partial charge < -0.3 is 47.0 Å². The Morgan fingerprint density at radius 1 is 0.767 bits per heavy atom.